The maximum absolute atomic E-state index is 11.8. The Bertz CT molecular complexity index is 1080. The maximum atomic E-state index is 11.8. The van der Waals surface area contributed by atoms with E-state index >= 15 is 0 Å². The van der Waals surface area contributed by atoms with Gasteiger partial charge in [0.25, 0.3) is 0 Å². The molecular weight excluding hydrogens is 340 g/mol. The van der Waals surface area contributed by atoms with Gasteiger partial charge in [-0.15, -0.1) is 10.2 Å². The van der Waals surface area contributed by atoms with Crippen LogP contribution in [0.4, 0.5) is 17.1 Å². The number of aryl methyl sites for hydroxylation is 1. The Hall–Kier alpha value is -3.66. The summed E-state index contributed by atoms with van der Waals surface area (Å²) in [7, 11) is 0. The molecule has 0 fully saturated rings. The van der Waals surface area contributed by atoms with Gasteiger partial charge >= 0.3 is 0 Å². The third-order valence-electron chi connectivity index (χ3n) is 4.83. The Morgan fingerprint density at radius 1 is 1.19 bits per heavy atom. The summed E-state index contributed by atoms with van der Waals surface area (Å²) in [5.74, 6) is 1.30. The SMILES string of the molecule is [C-]#[N+]c1ccc(N2C[C@@H](C)c3nnc(C)n3-c3ccc(C(N)=O)cc32)cc1. The van der Waals surface area contributed by atoms with E-state index in [1.807, 2.05) is 35.8 Å². The number of carbonyl (C=O) groups excluding carboxylic acids is 1. The summed E-state index contributed by atoms with van der Waals surface area (Å²) in [4.78, 5) is 17.4. The highest BCUT2D eigenvalue weighted by Crippen LogP contribution is 2.39. The minimum absolute atomic E-state index is 0.108. The first-order valence-electron chi connectivity index (χ1n) is 8.61. The van der Waals surface area contributed by atoms with Crippen molar-refractivity contribution in [1.29, 1.82) is 0 Å². The predicted octanol–water partition coefficient (Wildman–Crippen LogP) is 3.48. The van der Waals surface area contributed by atoms with Crippen molar-refractivity contribution in [2.45, 2.75) is 19.8 Å². The number of anilines is 2. The van der Waals surface area contributed by atoms with E-state index in [0.717, 1.165) is 28.7 Å². The Balaban J connectivity index is 1.96. The fraction of sp³-hybridized carbons (Fsp3) is 0.200. The van der Waals surface area contributed by atoms with Gasteiger partial charge in [0.1, 0.15) is 11.6 Å². The van der Waals surface area contributed by atoms with Crippen molar-refractivity contribution in [2.75, 3.05) is 11.4 Å². The fourth-order valence-electron chi connectivity index (χ4n) is 3.48. The first kappa shape index (κ1) is 16.8. The molecule has 0 saturated carbocycles. The summed E-state index contributed by atoms with van der Waals surface area (Å²) in [6.07, 6.45) is 0. The number of benzene rings is 2. The van der Waals surface area contributed by atoms with Gasteiger partial charge in [0, 0.05) is 23.7 Å². The standard InChI is InChI=1S/C20H18N6O/c1-12-11-25(16-7-5-15(22-3)6-8-16)18-10-14(19(21)27)4-9-17(18)26-13(2)23-24-20(12)26/h4-10,12H,11H2,1-2H3,(H2,21,27)/t12-/m1/s1. The minimum atomic E-state index is -0.473. The van der Waals surface area contributed by atoms with E-state index in [-0.39, 0.29) is 5.92 Å². The van der Waals surface area contributed by atoms with Crippen molar-refractivity contribution in [1.82, 2.24) is 14.8 Å². The number of amides is 1. The van der Waals surface area contributed by atoms with Crippen LogP contribution in [0.15, 0.2) is 42.5 Å². The molecule has 7 nitrogen and oxygen atoms in total. The molecule has 1 aromatic heterocycles. The molecule has 4 rings (SSSR count). The molecule has 1 atom stereocenters. The lowest BCUT2D eigenvalue weighted by Crippen LogP contribution is -2.22. The summed E-state index contributed by atoms with van der Waals surface area (Å²) in [6, 6.07) is 12.8. The molecule has 0 saturated heterocycles. The van der Waals surface area contributed by atoms with E-state index in [9.17, 15) is 4.79 Å². The third kappa shape index (κ3) is 2.72. The zero-order valence-electron chi connectivity index (χ0n) is 15.0. The number of carbonyl (C=O) groups is 1. The fourth-order valence-corrected chi connectivity index (χ4v) is 3.48. The monoisotopic (exact) mass is 358 g/mol. The molecule has 134 valence electrons. The number of nitrogens with two attached hydrogens (primary N) is 1. The molecular formula is C20H18N6O. The molecule has 2 heterocycles. The van der Waals surface area contributed by atoms with Crippen LogP contribution in [0.3, 0.4) is 0 Å². The number of nitrogens with zero attached hydrogens (tertiary/aromatic N) is 5. The van der Waals surface area contributed by atoms with Gasteiger partial charge in [-0.2, -0.15) is 0 Å². The third-order valence-corrected chi connectivity index (χ3v) is 4.83. The van der Waals surface area contributed by atoms with Crippen molar-refractivity contribution in [2.24, 2.45) is 5.73 Å². The second-order valence-electron chi connectivity index (χ2n) is 6.65. The zero-order valence-corrected chi connectivity index (χ0v) is 15.0. The molecule has 1 amide bonds. The molecule has 27 heavy (non-hydrogen) atoms. The number of primary amides is 1. The van der Waals surface area contributed by atoms with Gasteiger partial charge in [-0.3, -0.25) is 9.36 Å². The second kappa shape index (κ2) is 6.25. The van der Waals surface area contributed by atoms with Crippen LogP contribution in [0.2, 0.25) is 0 Å². The Kier molecular flexibility index (Phi) is 3.89. The summed E-state index contributed by atoms with van der Waals surface area (Å²) in [6.45, 7) is 11.8. The van der Waals surface area contributed by atoms with E-state index in [1.165, 1.54) is 0 Å². The minimum Gasteiger partial charge on any atom is -0.366 e. The Morgan fingerprint density at radius 2 is 1.93 bits per heavy atom. The van der Waals surface area contributed by atoms with E-state index < -0.39 is 5.91 Å². The number of aromatic nitrogens is 3. The topological polar surface area (TPSA) is 81.4 Å². The van der Waals surface area contributed by atoms with Gasteiger partial charge in [-0.1, -0.05) is 19.1 Å². The number of fused-ring (bicyclic) bond motifs is 3. The van der Waals surface area contributed by atoms with Gasteiger partial charge in [0.2, 0.25) is 5.91 Å². The lowest BCUT2D eigenvalue weighted by Gasteiger charge is -2.27. The van der Waals surface area contributed by atoms with Crippen LogP contribution in [-0.2, 0) is 0 Å². The Labute approximate surface area is 156 Å². The highest BCUT2D eigenvalue weighted by Gasteiger charge is 2.28. The molecule has 7 heteroatoms. The molecule has 0 aliphatic carbocycles. The van der Waals surface area contributed by atoms with Crippen LogP contribution < -0.4 is 10.6 Å². The largest absolute Gasteiger partial charge is 0.366 e. The van der Waals surface area contributed by atoms with Crippen molar-refractivity contribution in [3.8, 4) is 5.69 Å². The number of hydrogen-bond acceptors (Lipinski definition) is 4. The molecule has 3 aromatic rings. The summed E-state index contributed by atoms with van der Waals surface area (Å²) < 4.78 is 2.03. The van der Waals surface area contributed by atoms with E-state index in [0.29, 0.717) is 17.8 Å². The lowest BCUT2D eigenvalue weighted by atomic mass is 10.1. The lowest BCUT2D eigenvalue weighted by molar-refractivity contribution is 0.100. The van der Waals surface area contributed by atoms with Gasteiger partial charge < -0.3 is 10.6 Å². The van der Waals surface area contributed by atoms with Crippen molar-refractivity contribution < 1.29 is 4.79 Å². The van der Waals surface area contributed by atoms with Crippen LogP contribution in [0.25, 0.3) is 10.5 Å². The zero-order chi connectivity index (χ0) is 19.1. The van der Waals surface area contributed by atoms with Crippen LogP contribution in [-0.4, -0.2) is 27.2 Å². The summed E-state index contributed by atoms with van der Waals surface area (Å²) in [5.41, 5.74) is 9.24. The Morgan fingerprint density at radius 3 is 2.59 bits per heavy atom. The van der Waals surface area contributed by atoms with Crippen LogP contribution in [0, 0.1) is 13.5 Å². The first-order chi connectivity index (χ1) is 13.0. The highest BCUT2D eigenvalue weighted by atomic mass is 16.1. The number of hydrogen-bond donors (Lipinski definition) is 1. The van der Waals surface area contributed by atoms with Gasteiger partial charge in [-0.05, 0) is 37.3 Å². The van der Waals surface area contributed by atoms with E-state index in [4.69, 9.17) is 12.3 Å². The molecule has 2 aromatic carbocycles. The van der Waals surface area contributed by atoms with Crippen LogP contribution in [0.1, 0.15) is 34.8 Å². The van der Waals surface area contributed by atoms with E-state index in [2.05, 4.69) is 26.9 Å². The van der Waals surface area contributed by atoms with Crippen molar-refractivity contribution in [3.05, 3.63) is 71.1 Å². The summed E-state index contributed by atoms with van der Waals surface area (Å²) >= 11 is 0. The molecule has 0 bridgehead atoms. The molecule has 1 aliphatic heterocycles. The normalized spacial score (nSPS) is 15.4. The average Bonchev–Trinajstić information content (AvgIpc) is 3.01. The maximum Gasteiger partial charge on any atom is 0.248 e. The predicted molar refractivity (Wildman–Crippen MR) is 103 cm³/mol. The van der Waals surface area contributed by atoms with Crippen molar-refractivity contribution >= 4 is 23.0 Å². The molecule has 0 spiro atoms. The average molecular weight is 358 g/mol. The smallest absolute Gasteiger partial charge is 0.248 e. The van der Waals surface area contributed by atoms with Gasteiger partial charge in [0.15, 0.2) is 5.69 Å². The van der Waals surface area contributed by atoms with Crippen LogP contribution >= 0.6 is 0 Å². The molecule has 2 N–H and O–H groups in total. The second-order valence-corrected chi connectivity index (χ2v) is 6.65. The van der Waals surface area contributed by atoms with Gasteiger partial charge in [0.05, 0.1) is 17.9 Å². The number of rotatable bonds is 2. The van der Waals surface area contributed by atoms with Crippen LogP contribution in [0.5, 0.6) is 0 Å². The quantitative estimate of drug-likeness (QED) is 0.711. The molecule has 1 aliphatic rings. The summed E-state index contributed by atoms with van der Waals surface area (Å²) in [5, 5.41) is 8.60. The first-order valence-corrected chi connectivity index (χ1v) is 8.61. The van der Waals surface area contributed by atoms with Crippen molar-refractivity contribution in [3.63, 3.8) is 0 Å². The molecule has 0 radical (unpaired) electrons. The molecule has 0 unspecified atom stereocenters. The highest BCUT2D eigenvalue weighted by molar-refractivity contribution is 5.95. The van der Waals surface area contributed by atoms with Gasteiger partial charge in [-0.25, -0.2) is 4.85 Å². The van der Waals surface area contributed by atoms with E-state index in [1.54, 1.807) is 18.2 Å².